The van der Waals surface area contributed by atoms with Crippen LogP contribution in [-0.2, 0) is 11.2 Å². The first kappa shape index (κ1) is 20.9. The number of rotatable bonds is 7. The topological polar surface area (TPSA) is 46.5 Å². The van der Waals surface area contributed by atoms with Gasteiger partial charge in [0.1, 0.15) is 11.6 Å². The van der Waals surface area contributed by atoms with E-state index in [0.29, 0.717) is 29.4 Å². The Kier molecular flexibility index (Phi) is 6.40. The zero-order valence-corrected chi connectivity index (χ0v) is 17.5. The third kappa shape index (κ3) is 4.85. The first-order valence-electron chi connectivity index (χ1n) is 11.3. The maximum atomic E-state index is 14.9. The highest BCUT2D eigenvalue weighted by Gasteiger charge is 2.38. The summed E-state index contributed by atoms with van der Waals surface area (Å²) in [5, 5.41) is 8.78. The van der Waals surface area contributed by atoms with Crippen LogP contribution in [0.5, 0.6) is 5.75 Å². The van der Waals surface area contributed by atoms with Gasteiger partial charge in [0.2, 0.25) is 0 Å². The highest BCUT2D eigenvalue weighted by atomic mass is 19.1. The van der Waals surface area contributed by atoms with Crippen molar-refractivity contribution in [1.82, 2.24) is 0 Å². The molecular formula is C26H31FO3. The van der Waals surface area contributed by atoms with E-state index >= 15 is 0 Å². The van der Waals surface area contributed by atoms with Crippen LogP contribution >= 0.6 is 0 Å². The van der Waals surface area contributed by atoms with E-state index in [9.17, 15) is 9.18 Å². The Labute approximate surface area is 178 Å². The van der Waals surface area contributed by atoms with Gasteiger partial charge in [-0.25, -0.2) is 4.39 Å². The van der Waals surface area contributed by atoms with Crippen molar-refractivity contribution in [2.45, 2.75) is 76.7 Å². The summed E-state index contributed by atoms with van der Waals surface area (Å²) in [5.41, 5.74) is 2.54. The summed E-state index contributed by atoms with van der Waals surface area (Å²) in [4.78, 5) is 10.7. The molecular weight excluding hydrogens is 379 g/mol. The molecule has 2 aliphatic carbocycles. The molecule has 2 fully saturated rings. The molecule has 0 amide bonds. The molecule has 160 valence electrons. The molecule has 0 bridgehead atoms. The molecule has 4 rings (SSSR count). The lowest BCUT2D eigenvalue weighted by Gasteiger charge is -2.37. The van der Waals surface area contributed by atoms with Crippen LogP contribution in [-0.4, -0.2) is 17.2 Å². The second-order valence-electron chi connectivity index (χ2n) is 9.07. The van der Waals surface area contributed by atoms with Gasteiger partial charge in [-0.1, -0.05) is 43.2 Å². The summed E-state index contributed by atoms with van der Waals surface area (Å²) in [6.07, 6.45) is 11.6. The summed E-state index contributed by atoms with van der Waals surface area (Å²) < 4.78 is 21.2. The van der Waals surface area contributed by atoms with E-state index in [1.165, 1.54) is 38.5 Å². The van der Waals surface area contributed by atoms with E-state index in [1.807, 2.05) is 30.3 Å². The van der Waals surface area contributed by atoms with E-state index in [-0.39, 0.29) is 18.3 Å². The molecule has 0 aliphatic heterocycles. The van der Waals surface area contributed by atoms with Crippen LogP contribution in [0, 0.1) is 11.2 Å². The SMILES string of the molecule is O=C(O)CCCc1cccc(-c2ccc(OC3CCC4(CCCC4)CC3)cc2)c1F. The fourth-order valence-electron chi connectivity index (χ4n) is 5.28. The Morgan fingerprint density at radius 2 is 1.73 bits per heavy atom. The van der Waals surface area contributed by atoms with Crippen LogP contribution in [0.25, 0.3) is 11.1 Å². The molecule has 0 saturated heterocycles. The molecule has 0 unspecified atom stereocenters. The summed E-state index contributed by atoms with van der Waals surface area (Å²) in [6.45, 7) is 0. The third-order valence-corrected chi connectivity index (χ3v) is 7.04. The van der Waals surface area contributed by atoms with Gasteiger partial charge in [-0.05, 0) is 80.0 Å². The molecule has 0 atom stereocenters. The quantitative estimate of drug-likeness (QED) is 0.547. The van der Waals surface area contributed by atoms with Gasteiger partial charge in [0.05, 0.1) is 6.10 Å². The number of hydrogen-bond acceptors (Lipinski definition) is 2. The van der Waals surface area contributed by atoms with Gasteiger partial charge in [-0.2, -0.15) is 0 Å². The van der Waals surface area contributed by atoms with Crippen molar-refractivity contribution in [3.8, 4) is 16.9 Å². The summed E-state index contributed by atoms with van der Waals surface area (Å²) in [7, 11) is 0. The Morgan fingerprint density at radius 3 is 2.40 bits per heavy atom. The second-order valence-corrected chi connectivity index (χ2v) is 9.07. The normalized spacial score (nSPS) is 18.6. The summed E-state index contributed by atoms with van der Waals surface area (Å²) >= 11 is 0. The Hall–Kier alpha value is -2.36. The molecule has 2 aromatic rings. The number of carboxylic acid groups (broad SMARTS) is 1. The molecule has 2 saturated carbocycles. The Bertz CT molecular complexity index is 858. The minimum absolute atomic E-state index is 0.0536. The number of aliphatic carboxylic acids is 1. The number of carbonyl (C=O) groups is 1. The number of carboxylic acids is 1. The van der Waals surface area contributed by atoms with E-state index in [2.05, 4.69) is 0 Å². The van der Waals surface area contributed by atoms with E-state index in [1.54, 1.807) is 12.1 Å². The van der Waals surface area contributed by atoms with Crippen LogP contribution in [0.3, 0.4) is 0 Å². The van der Waals surface area contributed by atoms with Gasteiger partial charge in [0.25, 0.3) is 0 Å². The summed E-state index contributed by atoms with van der Waals surface area (Å²) in [5.74, 6) is -0.256. The van der Waals surface area contributed by atoms with Crippen molar-refractivity contribution < 1.29 is 19.0 Å². The molecule has 3 nitrogen and oxygen atoms in total. The van der Waals surface area contributed by atoms with Crippen LogP contribution in [0.1, 0.15) is 69.8 Å². The van der Waals surface area contributed by atoms with E-state index in [4.69, 9.17) is 9.84 Å². The van der Waals surface area contributed by atoms with Gasteiger partial charge < -0.3 is 9.84 Å². The van der Waals surface area contributed by atoms with Crippen LogP contribution in [0.15, 0.2) is 42.5 Å². The van der Waals surface area contributed by atoms with E-state index < -0.39 is 5.97 Å². The average molecular weight is 411 g/mol. The largest absolute Gasteiger partial charge is 0.490 e. The monoisotopic (exact) mass is 410 g/mol. The van der Waals surface area contributed by atoms with Gasteiger partial charge in [-0.15, -0.1) is 0 Å². The number of aryl methyl sites for hydroxylation is 1. The van der Waals surface area contributed by atoms with Crippen molar-refractivity contribution in [2.24, 2.45) is 5.41 Å². The number of benzene rings is 2. The van der Waals surface area contributed by atoms with Crippen molar-refractivity contribution in [3.05, 3.63) is 53.8 Å². The minimum atomic E-state index is -0.849. The molecule has 2 aromatic carbocycles. The molecule has 0 radical (unpaired) electrons. The predicted molar refractivity (Wildman–Crippen MR) is 116 cm³/mol. The van der Waals surface area contributed by atoms with Crippen LogP contribution < -0.4 is 4.74 Å². The van der Waals surface area contributed by atoms with Gasteiger partial charge in [-0.3, -0.25) is 4.79 Å². The van der Waals surface area contributed by atoms with Crippen molar-refractivity contribution in [2.75, 3.05) is 0 Å². The minimum Gasteiger partial charge on any atom is -0.490 e. The van der Waals surface area contributed by atoms with Gasteiger partial charge in [0.15, 0.2) is 0 Å². The van der Waals surface area contributed by atoms with Crippen molar-refractivity contribution in [1.29, 1.82) is 0 Å². The fourth-order valence-corrected chi connectivity index (χ4v) is 5.28. The Morgan fingerprint density at radius 1 is 1.03 bits per heavy atom. The average Bonchev–Trinajstić information content (AvgIpc) is 3.20. The highest BCUT2D eigenvalue weighted by molar-refractivity contribution is 5.67. The summed E-state index contributed by atoms with van der Waals surface area (Å²) in [6, 6.07) is 13.0. The standard InChI is InChI=1S/C26H31FO3/c27-25-20(6-4-8-24(28)29)5-3-7-23(25)19-9-11-21(12-10-19)30-22-13-17-26(18-14-22)15-1-2-16-26/h3,5,7,9-12,22H,1-2,4,6,8,13-18H2,(H,28,29). The smallest absolute Gasteiger partial charge is 0.303 e. The predicted octanol–water partition coefficient (Wildman–Crippen LogP) is 6.78. The maximum Gasteiger partial charge on any atom is 0.303 e. The number of hydrogen-bond donors (Lipinski definition) is 1. The molecule has 0 aromatic heterocycles. The molecule has 4 heteroatoms. The lowest BCUT2D eigenvalue weighted by molar-refractivity contribution is -0.137. The highest BCUT2D eigenvalue weighted by Crippen LogP contribution is 2.49. The van der Waals surface area contributed by atoms with Gasteiger partial charge >= 0.3 is 5.97 Å². The fraction of sp³-hybridized carbons (Fsp3) is 0.500. The first-order chi connectivity index (χ1) is 14.5. The molecule has 1 spiro atoms. The first-order valence-corrected chi connectivity index (χ1v) is 11.3. The maximum absolute atomic E-state index is 14.9. The third-order valence-electron chi connectivity index (χ3n) is 7.04. The zero-order chi connectivity index (χ0) is 21.0. The lowest BCUT2D eigenvalue weighted by atomic mass is 9.72. The van der Waals surface area contributed by atoms with E-state index in [0.717, 1.165) is 24.2 Å². The number of halogens is 1. The molecule has 0 heterocycles. The van der Waals surface area contributed by atoms with Gasteiger partial charge in [0, 0.05) is 12.0 Å². The van der Waals surface area contributed by atoms with Crippen LogP contribution in [0.2, 0.25) is 0 Å². The molecule has 2 aliphatic rings. The Balaban J connectivity index is 1.37. The lowest BCUT2D eigenvalue weighted by Crippen LogP contribution is -2.30. The molecule has 30 heavy (non-hydrogen) atoms. The van der Waals surface area contributed by atoms with Crippen LogP contribution in [0.4, 0.5) is 4.39 Å². The molecule has 1 N–H and O–H groups in total. The number of ether oxygens (including phenoxy) is 1. The van der Waals surface area contributed by atoms with Crippen molar-refractivity contribution >= 4 is 5.97 Å². The second kappa shape index (κ2) is 9.20. The van der Waals surface area contributed by atoms with Crippen molar-refractivity contribution in [3.63, 3.8) is 0 Å². The zero-order valence-electron chi connectivity index (χ0n) is 17.5.